The van der Waals surface area contributed by atoms with Crippen LogP contribution in [0.1, 0.15) is 5.56 Å². The molecule has 2 aromatic carbocycles. The molecule has 0 aliphatic heterocycles. The summed E-state index contributed by atoms with van der Waals surface area (Å²) < 4.78 is 13.6. The molecule has 2 rings (SSSR count). The average Bonchev–Trinajstić information content (AvgIpc) is 2.38. The van der Waals surface area contributed by atoms with E-state index in [0.29, 0.717) is 11.4 Å². The number of urea groups is 1. The lowest BCUT2D eigenvalue weighted by Gasteiger charge is -2.10. The fourth-order valence-electron chi connectivity index (χ4n) is 1.56. The van der Waals surface area contributed by atoms with Crippen LogP contribution < -0.4 is 10.6 Å². The molecule has 3 nitrogen and oxygen atoms in total. The first-order valence-electron chi connectivity index (χ1n) is 5.65. The van der Waals surface area contributed by atoms with Crippen LogP contribution in [-0.2, 0) is 0 Å². The molecule has 0 bridgehead atoms. The maximum atomic E-state index is 12.7. The Morgan fingerprint density at radius 1 is 1.11 bits per heavy atom. The molecule has 0 saturated heterocycles. The van der Waals surface area contributed by atoms with E-state index in [2.05, 4.69) is 26.6 Å². The molecular formula is C14H12BrFN2O. The second-order valence-corrected chi connectivity index (χ2v) is 4.82. The van der Waals surface area contributed by atoms with E-state index in [1.807, 2.05) is 19.1 Å². The van der Waals surface area contributed by atoms with Crippen molar-refractivity contribution < 1.29 is 9.18 Å². The quantitative estimate of drug-likeness (QED) is 0.837. The van der Waals surface area contributed by atoms with Crippen molar-refractivity contribution in [3.63, 3.8) is 0 Å². The molecular weight excluding hydrogens is 311 g/mol. The van der Waals surface area contributed by atoms with E-state index < -0.39 is 0 Å². The molecule has 0 aliphatic carbocycles. The van der Waals surface area contributed by atoms with Crippen molar-refractivity contribution in [2.75, 3.05) is 10.6 Å². The normalized spacial score (nSPS) is 10.1. The first-order chi connectivity index (χ1) is 9.06. The van der Waals surface area contributed by atoms with Gasteiger partial charge in [0, 0.05) is 10.2 Å². The molecule has 2 aromatic rings. The van der Waals surface area contributed by atoms with Gasteiger partial charge in [-0.15, -0.1) is 0 Å². The van der Waals surface area contributed by atoms with Crippen molar-refractivity contribution in [2.45, 2.75) is 6.92 Å². The molecule has 2 amide bonds. The Balaban J connectivity index is 2.05. The van der Waals surface area contributed by atoms with Crippen LogP contribution in [0.5, 0.6) is 0 Å². The Labute approximate surface area is 119 Å². The minimum atomic E-state index is -0.377. The molecule has 19 heavy (non-hydrogen) atoms. The molecule has 0 heterocycles. The second-order valence-electron chi connectivity index (χ2n) is 4.02. The van der Waals surface area contributed by atoms with Crippen LogP contribution in [0, 0.1) is 12.7 Å². The van der Waals surface area contributed by atoms with Gasteiger partial charge in [0.1, 0.15) is 5.82 Å². The summed E-state index contributed by atoms with van der Waals surface area (Å²) in [5, 5.41) is 5.35. The smallest absolute Gasteiger partial charge is 0.308 e. The predicted octanol–water partition coefficient (Wildman–Crippen LogP) is 4.54. The van der Waals surface area contributed by atoms with Gasteiger partial charge in [0.15, 0.2) is 0 Å². The molecule has 5 heteroatoms. The summed E-state index contributed by atoms with van der Waals surface area (Å²) in [6.07, 6.45) is 0. The fourth-order valence-corrected chi connectivity index (χ4v) is 1.93. The van der Waals surface area contributed by atoms with Crippen LogP contribution in [0.3, 0.4) is 0 Å². The van der Waals surface area contributed by atoms with Crippen molar-refractivity contribution in [2.24, 2.45) is 0 Å². The summed E-state index contributed by atoms with van der Waals surface area (Å²) in [6.45, 7) is 1.94. The Morgan fingerprint density at radius 3 is 2.47 bits per heavy atom. The standard InChI is InChI=1S/C14H12BrFN2O/c1-9-3-2-4-12(13(9)15)18-14(19)17-11-7-5-10(16)6-8-11/h2-8H,1H3,(H2,17,18,19). The summed E-state index contributed by atoms with van der Waals surface area (Å²) in [5.74, 6) is -0.340. The highest BCUT2D eigenvalue weighted by Crippen LogP contribution is 2.25. The zero-order valence-electron chi connectivity index (χ0n) is 10.2. The highest BCUT2D eigenvalue weighted by Gasteiger charge is 2.07. The van der Waals surface area contributed by atoms with Crippen LogP contribution in [-0.4, -0.2) is 6.03 Å². The number of halogens is 2. The average molecular weight is 323 g/mol. The highest BCUT2D eigenvalue weighted by molar-refractivity contribution is 9.10. The number of benzene rings is 2. The van der Waals surface area contributed by atoms with Gasteiger partial charge in [0.05, 0.1) is 5.69 Å². The SMILES string of the molecule is Cc1cccc(NC(=O)Nc2ccc(F)cc2)c1Br. The Morgan fingerprint density at radius 2 is 1.79 bits per heavy atom. The van der Waals surface area contributed by atoms with Gasteiger partial charge in [-0.25, -0.2) is 9.18 Å². The largest absolute Gasteiger partial charge is 0.323 e. The minimum Gasteiger partial charge on any atom is -0.308 e. The van der Waals surface area contributed by atoms with E-state index >= 15 is 0 Å². The number of nitrogens with one attached hydrogen (secondary N) is 2. The lowest BCUT2D eigenvalue weighted by Crippen LogP contribution is -2.19. The Hall–Kier alpha value is -1.88. The second kappa shape index (κ2) is 5.84. The van der Waals surface area contributed by atoms with Gasteiger partial charge in [-0.2, -0.15) is 0 Å². The zero-order chi connectivity index (χ0) is 13.8. The number of hydrogen-bond donors (Lipinski definition) is 2. The molecule has 0 aliphatic rings. The van der Waals surface area contributed by atoms with Gasteiger partial charge in [0.2, 0.25) is 0 Å². The number of anilines is 2. The third-order valence-electron chi connectivity index (χ3n) is 2.54. The maximum absolute atomic E-state index is 12.7. The molecule has 0 radical (unpaired) electrons. The van der Waals surface area contributed by atoms with Crippen LogP contribution >= 0.6 is 15.9 Å². The van der Waals surface area contributed by atoms with E-state index in [1.54, 1.807) is 6.07 Å². The van der Waals surface area contributed by atoms with Crippen LogP contribution in [0.4, 0.5) is 20.6 Å². The molecule has 98 valence electrons. The molecule has 2 N–H and O–H groups in total. The van der Waals surface area contributed by atoms with Crippen LogP contribution in [0.2, 0.25) is 0 Å². The van der Waals surface area contributed by atoms with Gasteiger partial charge < -0.3 is 10.6 Å². The van der Waals surface area contributed by atoms with E-state index in [4.69, 9.17) is 0 Å². The predicted molar refractivity (Wildman–Crippen MR) is 77.9 cm³/mol. The van der Waals surface area contributed by atoms with Gasteiger partial charge in [-0.05, 0) is 58.7 Å². The fraction of sp³-hybridized carbons (Fsp3) is 0.0714. The molecule has 0 atom stereocenters. The van der Waals surface area contributed by atoms with E-state index in [1.165, 1.54) is 24.3 Å². The summed E-state index contributed by atoms with van der Waals surface area (Å²) in [6, 6.07) is 10.8. The maximum Gasteiger partial charge on any atom is 0.323 e. The van der Waals surface area contributed by atoms with Crippen molar-refractivity contribution in [3.8, 4) is 0 Å². The zero-order valence-corrected chi connectivity index (χ0v) is 11.8. The number of carbonyl (C=O) groups excluding carboxylic acids is 1. The summed E-state index contributed by atoms with van der Waals surface area (Å²) in [4.78, 5) is 11.8. The first-order valence-corrected chi connectivity index (χ1v) is 6.44. The topological polar surface area (TPSA) is 41.1 Å². The van der Waals surface area contributed by atoms with Crippen molar-refractivity contribution in [3.05, 3.63) is 58.3 Å². The molecule has 0 unspecified atom stereocenters. The van der Waals surface area contributed by atoms with Crippen LogP contribution in [0.15, 0.2) is 46.9 Å². The van der Waals surface area contributed by atoms with Crippen molar-refractivity contribution in [1.29, 1.82) is 0 Å². The van der Waals surface area contributed by atoms with Gasteiger partial charge >= 0.3 is 6.03 Å². The number of aryl methyl sites for hydroxylation is 1. The number of carbonyl (C=O) groups is 1. The summed E-state index contributed by atoms with van der Waals surface area (Å²) in [7, 11) is 0. The lowest BCUT2D eigenvalue weighted by molar-refractivity contribution is 0.262. The molecule has 0 spiro atoms. The number of hydrogen-bond acceptors (Lipinski definition) is 1. The molecule has 0 saturated carbocycles. The summed E-state index contributed by atoms with van der Waals surface area (Å²) >= 11 is 3.41. The highest BCUT2D eigenvalue weighted by atomic mass is 79.9. The first kappa shape index (κ1) is 13.5. The lowest BCUT2D eigenvalue weighted by atomic mass is 10.2. The van der Waals surface area contributed by atoms with E-state index in [9.17, 15) is 9.18 Å². The number of rotatable bonds is 2. The minimum absolute atomic E-state index is 0.340. The van der Waals surface area contributed by atoms with Gasteiger partial charge in [-0.3, -0.25) is 0 Å². The van der Waals surface area contributed by atoms with E-state index in [0.717, 1.165) is 10.0 Å². The third-order valence-corrected chi connectivity index (χ3v) is 3.59. The van der Waals surface area contributed by atoms with Crippen LogP contribution in [0.25, 0.3) is 0 Å². The Bertz CT molecular complexity index is 599. The van der Waals surface area contributed by atoms with E-state index in [-0.39, 0.29) is 11.8 Å². The third kappa shape index (κ3) is 3.54. The summed E-state index contributed by atoms with van der Waals surface area (Å²) in [5.41, 5.74) is 2.24. The van der Waals surface area contributed by atoms with Gasteiger partial charge in [-0.1, -0.05) is 12.1 Å². The monoisotopic (exact) mass is 322 g/mol. The van der Waals surface area contributed by atoms with Gasteiger partial charge in [0.25, 0.3) is 0 Å². The Kier molecular flexibility index (Phi) is 4.16. The van der Waals surface area contributed by atoms with Crippen molar-refractivity contribution in [1.82, 2.24) is 0 Å². The van der Waals surface area contributed by atoms with Crippen molar-refractivity contribution >= 4 is 33.3 Å². The molecule has 0 aromatic heterocycles. The number of amides is 2. The molecule has 0 fully saturated rings.